The van der Waals surface area contributed by atoms with Crippen LogP contribution >= 0.6 is 0 Å². The highest BCUT2D eigenvalue weighted by Gasteiger charge is 2.19. The maximum absolute atomic E-state index is 13.2. The molecule has 0 aliphatic heterocycles. The third kappa shape index (κ3) is 5.66. The van der Waals surface area contributed by atoms with Crippen LogP contribution in [0, 0.1) is 5.82 Å². The predicted octanol–water partition coefficient (Wildman–Crippen LogP) is 4.39. The van der Waals surface area contributed by atoms with Gasteiger partial charge in [-0.2, -0.15) is 0 Å². The molecule has 2 N–H and O–H groups in total. The van der Waals surface area contributed by atoms with Crippen LogP contribution in [0.4, 0.5) is 10.1 Å². The number of carbonyl (C=O) groups excluding carboxylic acids is 2. The van der Waals surface area contributed by atoms with Gasteiger partial charge < -0.3 is 5.32 Å². The number of nitrogens with one attached hydrogen (secondary N) is 2. The van der Waals surface area contributed by atoms with Crippen LogP contribution in [0.25, 0.3) is 0 Å². The van der Waals surface area contributed by atoms with E-state index in [0.717, 1.165) is 6.42 Å². The Kier molecular flexibility index (Phi) is 7.50. The summed E-state index contributed by atoms with van der Waals surface area (Å²) in [5.41, 5.74) is 0.799. The molecule has 0 aliphatic carbocycles. The largest absolute Gasteiger partial charge is 0.322 e. The monoisotopic (exact) mass is 454 g/mol. The average molecular weight is 455 g/mol. The normalized spacial score (nSPS) is 11.2. The first-order valence-corrected chi connectivity index (χ1v) is 11.6. The van der Waals surface area contributed by atoms with Gasteiger partial charge in [0.2, 0.25) is 10.0 Å². The van der Waals surface area contributed by atoms with E-state index in [2.05, 4.69) is 10.0 Å². The van der Waals surface area contributed by atoms with E-state index in [4.69, 9.17) is 0 Å². The van der Waals surface area contributed by atoms with Gasteiger partial charge in [0.1, 0.15) is 5.82 Å². The standard InChI is InChI=1S/C24H23FN2O4S/c1-2-3-15-26-32(30,31)20-8-6-7-19(16-20)27-24(29)22-10-5-4-9-21(22)23(28)17-11-13-18(25)14-12-17/h4-14,16,26H,2-3,15H2,1H3,(H,27,29). The maximum Gasteiger partial charge on any atom is 0.256 e. The molecule has 8 heteroatoms. The lowest BCUT2D eigenvalue weighted by Crippen LogP contribution is -2.25. The van der Waals surface area contributed by atoms with Gasteiger partial charge in [-0.3, -0.25) is 9.59 Å². The van der Waals surface area contributed by atoms with E-state index >= 15 is 0 Å². The van der Waals surface area contributed by atoms with Crippen molar-refractivity contribution in [3.8, 4) is 0 Å². The van der Waals surface area contributed by atoms with E-state index in [0.29, 0.717) is 13.0 Å². The van der Waals surface area contributed by atoms with E-state index < -0.39 is 27.5 Å². The zero-order valence-corrected chi connectivity index (χ0v) is 18.3. The van der Waals surface area contributed by atoms with Crippen molar-refractivity contribution in [3.63, 3.8) is 0 Å². The van der Waals surface area contributed by atoms with E-state index in [1.165, 1.54) is 54.6 Å². The molecule has 3 rings (SSSR count). The molecule has 0 aliphatic rings. The lowest BCUT2D eigenvalue weighted by Gasteiger charge is -2.11. The fourth-order valence-corrected chi connectivity index (χ4v) is 4.16. The highest BCUT2D eigenvalue weighted by molar-refractivity contribution is 7.89. The first-order chi connectivity index (χ1) is 15.3. The molecule has 0 spiro atoms. The van der Waals surface area contributed by atoms with Gasteiger partial charge in [-0.25, -0.2) is 17.5 Å². The zero-order valence-electron chi connectivity index (χ0n) is 17.5. The molecule has 6 nitrogen and oxygen atoms in total. The predicted molar refractivity (Wildman–Crippen MR) is 121 cm³/mol. The Morgan fingerprint density at radius 3 is 2.28 bits per heavy atom. The smallest absolute Gasteiger partial charge is 0.256 e. The van der Waals surface area contributed by atoms with Crippen LogP contribution in [0.5, 0.6) is 0 Å². The van der Waals surface area contributed by atoms with Crippen molar-refractivity contribution < 1.29 is 22.4 Å². The van der Waals surface area contributed by atoms with Gasteiger partial charge in [0, 0.05) is 23.4 Å². The lowest BCUT2D eigenvalue weighted by atomic mass is 9.98. The molecule has 0 fully saturated rings. The van der Waals surface area contributed by atoms with Gasteiger partial charge in [0.05, 0.1) is 10.5 Å². The van der Waals surface area contributed by atoms with Crippen molar-refractivity contribution in [1.29, 1.82) is 0 Å². The Hall–Kier alpha value is -3.36. The summed E-state index contributed by atoms with van der Waals surface area (Å²) >= 11 is 0. The van der Waals surface area contributed by atoms with Crippen molar-refractivity contribution in [2.24, 2.45) is 0 Å². The van der Waals surface area contributed by atoms with Gasteiger partial charge in [0.15, 0.2) is 5.78 Å². The number of anilines is 1. The van der Waals surface area contributed by atoms with Crippen molar-refractivity contribution >= 4 is 27.4 Å². The molecule has 0 heterocycles. The first-order valence-electron chi connectivity index (χ1n) is 10.1. The molecule has 166 valence electrons. The second kappa shape index (κ2) is 10.3. The SMILES string of the molecule is CCCCNS(=O)(=O)c1cccc(NC(=O)c2ccccc2C(=O)c2ccc(F)cc2)c1. The molecule has 3 aromatic rings. The Bertz CT molecular complexity index is 1220. The van der Waals surface area contributed by atoms with Gasteiger partial charge in [-0.05, 0) is 55.0 Å². The Labute approximate surface area is 186 Å². The third-order valence-electron chi connectivity index (χ3n) is 4.75. The molecule has 0 bridgehead atoms. The van der Waals surface area contributed by atoms with Crippen LogP contribution in [0.2, 0.25) is 0 Å². The lowest BCUT2D eigenvalue weighted by molar-refractivity contribution is 0.0996. The fourth-order valence-electron chi connectivity index (χ4n) is 3.04. The minimum absolute atomic E-state index is 0.0297. The summed E-state index contributed by atoms with van der Waals surface area (Å²) in [7, 11) is -3.70. The zero-order chi connectivity index (χ0) is 23.1. The number of sulfonamides is 1. The number of rotatable bonds is 9. The molecule has 0 unspecified atom stereocenters. The van der Waals surface area contributed by atoms with E-state index in [-0.39, 0.29) is 27.3 Å². The molecule has 1 amide bonds. The highest BCUT2D eigenvalue weighted by Crippen LogP contribution is 2.19. The maximum atomic E-state index is 13.2. The summed E-state index contributed by atoms with van der Waals surface area (Å²) in [5.74, 6) is -1.46. The highest BCUT2D eigenvalue weighted by atomic mass is 32.2. The molecule has 3 aromatic carbocycles. The van der Waals surface area contributed by atoms with Crippen molar-refractivity contribution in [1.82, 2.24) is 4.72 Å². The van der Waals surface area contributed by atoms with Crippen LogP contribution in [0.15, 0.2) is 77.7 Å². The minimum atomic E-state index is -3.70. The van der Waals surface area contributed by atoms with Gasteiger partial charge in [-0.1, -0.05) is 37.6 Å². The molecule has 0 radical (unpaired) electrons. The first kappa shape index (κ1) is 23.3. The fraction of sp³-hybridized carbons (Fsp3) is 0.167. The topological polar surface area (TPSA) is 92.3 Å². The molecule has 0 aromatic heterocycles. The van der Waals surface area contributed by atoms with Crippen LogP contribution in [-0.4, -0.2) is 26.7 Å². The number of hydrogen-bond acceptors (Lipinski definition) is 4. The molecule has 32 heavy (non-hydrogen) atoms. The molecule has 0 saturated heterocycles. The molecular formula is C24H23FN2O4S. The summed E-state index contributed by atoms with van der Waals surface area (Å²) in [5, 5.41) is 2.65. The quantitative estimate of drug-likeness (QED) is 0.371. The van der Waals surface area contributed by atoms with Crippen molar-refractivity contribution in [2.45, 2.75) is 24.7 Å². The number of carbonyl (C=O) groups is 2. The number of benzene rings is 3. The minimum Gasteiger partial charge on any atom is -0.322 e. The molecule has 0 atom stereocenters. The third-order valence-corrected chi connectivity index (χ3v) is 6.21. The summed E-state index contributed by atoms with van der Waals surface area (Å²) in [6.45, 7) is 2.29. The van der Waals surface area contributed by atoms with Crippen molar-refractivity contribution in [3.05, 3.63) is 95.3 Å². The Morgan fingerprint density at radius 1 is 0.906 bits per heavy atom. The number of amides is 1. The number of unbranched alkanes of at least 4 members (excludes halogenated alkanes) is 1. The van der Waals surface area contributed by atoms with E-state index in [1.807, 2.05) is 6.92 Å². The average Bonchev–Trinajstić information content (AvgIpc) is 2.79. The van der Waals surface area contributed by atoms with Gasteiger partial charge in [-0.15, -0.1) is 0 Å². The van der Waals surface area contributed by atoms with Gasteiger partial charge in [0.25, 0.3) is 5.91 Å². The Balaban J connectivity index is 1.83. The summed E-state index contributed by atoms with van der Waals surface area (Å²) in [6, 6.07) is 17.2. The van der Waals surface area contributed by atoms with E-state index in [9.17, 15) is 22.4 Å². The number of halogens is 1. The van der Waals surface area contributed by atoms with E-state index in [1.54, 1.807) is 18.2 Å². The summed E-state index contributed by atoms with van der Waals surface area (Å²) < 4.78 is 40.6. The van der Waals surface area contributed by atoms with Gasteiger partial charge >= 0.3 is 0 Å². The number of hydrogen-bond donors (Lipinski definition) is 2. The number of ketones is 1. The van der Waals surface area contributed by atoms with Crippen LogP contribution in [0.3, 0.4) is 0 Å². The molecule has 0 saturated carbocycles. The van der Waals surface area contributed by atoms with Crippen LogP contribution in [0.1, 0.15) is 46.0 Å². The summed E-state index contributed by atoms with van der Waals surface area (Å²) in [6.07, 6.45) is 1.57. The second-order valence-corrected chi connectivity index (χ2v) is 8.88. The van der Waals surface area contributed by atoms with Crippen LogP contribution < -0.4 is 10.0 Å². The van der Waals surface area contributed by atoms with Crippen molar-refractivity contribution in [2.75, 3.05) is 11.9 Å². The summed E-state index contributed by atoms with van der Waals surface area (Å²) in [4.78, 5) is 25.8. The molecular weight excluding hydrogens is 431 g/mol. The Morgan fingerprint density at radius 2 is 1.59 bits per heavy atom. The second-order valence-electron chi connectivity index (χ2n) is 7.11. The van der Waals surface area contributed by atoms with Crippen LogP contribution in [-0.2, 0) is 10.0 Å².